The third-order valence-corrected chi connectivity index (χ3v) is 9.45. The number of alkyl carbamates (subject to hydrolysis) is 1. The summed E-state index contributed by atoms with van der Waals surface area (Å²) in [5.41, 5.74) is 10.1. The van der Waals surface area contributed by atoms with E-state index in [4.69, 9.17) is 15.2 Å². The van der Waals surface area contributed by atoms with E-state index in [2.05, 4.69) is 87.4 Å². The molecule has 0 unspecified atom stereocenters. The Morgan fingerprint density at radius 2 is 1.33 bits per heavy atom. The third-order valence-electron chi connectivity index (χ3n) is 9.45. The smallest absolute Gasteiger partial charge is 0.407 e. The monoisotopic (exact) mass is 854 g/mol. The van der Waals surface area contributed by atoms with Crippen molar-refractivity contribution in [1.82, 2.24) is 31.9 Å². The van der Waals surface area contributed by atoms with Gasteiger partial charge in [0.25, 0.3) is 5.91 Å². The minimum absolute atomic E-state index is 0.0261. The largest absolute Gasteiger partial charge is 0.480 e. The zero-order valence-electron chi connectivity index (χ0n) is 37.4. The van der Waals surface area contributed by atoms with Crippen LogP contribution in [0.25, 0.3) is 11.1 Å². The van der Waals surface area contributed by atoms with E-state index in [1.807, 2.05) is 13.8 Å². The Labute approximate surface area is 361 Å². The lowest BCUT2D eigenvalue weighted by atomic mass is 10.0. The van der Waals surface area contributed by atoms with Gasteiger partial charge in [0.05, 0.1) is 6.10 Å². The van der Waals surface area contributed by atoms with Crippen LogP contribution in [0, 0.1) is 5.92 Å². The molecule has 0 aromatic heterocycles. The maximum Gasteiger partial charge on any atom is 0.407 e. The predicted octanol–water partition coefficient (Wildman–Crippen LogP) is 4.28. The molecular formula is C45H71N7O9. The van der Waals surface area contributed by atoms with Gasteiger partial charge in [0.1, 0.15) is 23.7 Å². The van der Waals surface area contributed by atoms with Crippen molar-refractivity contribution in [2.24, 2.45) is 11.7 Å². The number of unbranched alkanes of at least 4 members (excludes halogenated alkanes) is 2. The maximum atomic E-state index is 13.6. The first-order valence-electron chi connectivity index (χ1n) is 21.4. The number of benzene rings is 2. The van der Waals surface area contributed by atoms with Gasteiger partial charge in [-0.05, 0) is 107 Å². The number of ether oxygens (including phenoxy) is 2. The molecule has 5 amide bonds. The Morgan fingerprint density at radius 1 is 0.721 bits per heavy atom. The molecule has 340 valence electrons. The number of nitrogens with two attached hydrogens (primary N) is 1. The van der Waals surface area contributed by atoms with Crippen LogP contribution in [0.2, 0.25) is 0 Å². The van der Waals surface area contributed by atoms with E-state index < -0.39 is 71.7 Å². The molecule has 0 bridgehead atoms. The zero-order chi connectivity index (χ0) is 45.5. The zero-order valence-corrected chi connectivity index (χ0v) is 37.4. The average molecular weight is 854 g/mol. The summed E-state index contributed by atoms with van der Waals surface area (Å²) in [4.78, 5) is 76.1. The highest BCUT2D eigenvalue weighted by Crippen LogP contribution is 2.21. The van der Waals surface area contributed by atoms with Crippen molar-refractivity contribution < 1.29 is 43.3 Å². The number of carbonyl (C=O) groups is 6. The van der Waals surface area contributed by atoms with Gasteiger partial charge in [-0.3, -0.25) is 19.2 Å². The van der Waals surface area contributed by atoms with Crippen LogP contribution in [0.15, 0.2) is 48.5 Å². The van der Waals surface area contributed by atoms with Crippen LogP contribution in [0.1, 0.15) is 111 Å². The molecule has 0 aliphatic carbocycles. The van der Waals surface area contributed by atoms with E-state index in [0.717, 1.165) is 23.1 Å². The molecule has 0 radical (unpaired) electrons. The van der Waals surface area contributed by atoms with E-state index in [9.17, 15) is 33.9 Å². The topological polar surface area (TPSA) is 239 Å². The molecule has 0 fully saturated rings. The van der Waals surface area contributed by atoms with Crippen LogP contribution in [0.3, 0.4) is 0 Å². The fraction of sp³-hybridized carbons (Fsp3) is 0.600. The predicted molar refractivity (Wildman–Crippen MR) is 235 cm³/mol. The highest BCUT2D eigenvalue weighted by Gasteiger charge is 2.33. The lowest BCUT2D eigenvalue weighted by Crippen LogP contribution is -2.62. The summed E-state index contributed by atoms with van der Waals surface area (Å²) < 4.78 is 11.0. The Morgan fingerprint density at radius 3 is 1.89 bits per heavy atom. The Balaban J connectivity index is 1.97. The van der Waals surface area contributed by atoms with Crippen molar-refractivity contribution in [3.05, 3.63) is 59.7 Å². The molecule has 0 heterocycles. The van der Waals surface area contributed by atoms with Crippen molar-refractivity contribution in [1.29, 1.82) is 0 Å². The summed E-state index contributed by atoms with van der Waals surface area (Å²) in [5, 5.41) is 25.7. The second kappa shape index (κ2) is 27.0. The Hall–Kier alpha value is -5.06. The molecule has 2 aromatic rings. The van der Waals surface area contributed by atoms with E-state index in [1.54, 1.807) is 27.7 Å². The average Bonchev–Trinajstić information content (AvgIpc) is 3.19. The van der Waals surface area contributed by atoms with Crippen LogP contribution in [-0.4, -0.2) is 96.5 Å². The van der Waals surface area contributed by atoms with Crippen LogP contribution >= 0.6 is 0 Å². The van der Waals surface area contributed by atoms with Crippen LogP contribution < -0.4 is 37.6 Å². The fourth-order valence-corrected chi connectivity index (χ4v) is 6.13. The molecule has 61 heavy (non-hydrogen) atoms. The number of aryl methyl sites for hydroxylation is 1. The van der Waals surface area contributed by atoms with Crippen molar-refractivity contribution in [3.63, 3.8) is 0 Å². The van der Waals surface area contributed by atoms with E-state index >= 15 is 0 Å². The van der Waals surface area contributed by atoms with Crippen molar-refractivity contribution in [2.45, 2.75) is 149 Å². The first-order valence-corrected chi connectivity index (χ1v) is 21.4. The lowest BCUT2D eigenvalue weighted by Gasteiger charge is -2.28. The minimum atomic E-state index is -1.67. The van der Waals surface area contributed by atoms with Crippen molar-refractivity contribution >= 4 is 35.7 Å². The Bertz CT molecular complexity index is 1680. The molecule has 5 atom stereocenters. The summed E-state index contributed by atoms with van der Waals surface area (Å²) in [6, 6.07) is 13.4. The summed E-state index contributed by atoms with van der Waals surface area (Å²) in [5.74, 6) is -4.07. The number of nitrogens with one attached hydrogen (secondary N) is 6. The maximum absolute atomic E-state index is 13.6. The first kappa shape index (κ1) is 52.1. The quantitative estimate of drug-likeness (QED) is 0.0466. The Kier molecular flexibility index (Phi) is 23.1. The summed E-state index contributed by atoms with van der Waals surface area (Å²) in [7, 11) is 0. The number of hydrogen-bond donors (Lipinski definition) is 8. The molecular weight excluding hydrogens is 783 g/mol. The van der Waals surface area contributed by atoms with Gasteiger partial charge in [0, 0.05) is 26.6 Å². The van der Waals surface area contributed by atoms with Crippen LogP contribution in [0.5, 0.6) is 0 Å². The SMILES string of the molecule is CCCCc1ccc(-c2ccc(CNCCC[C@H](NC(C)=O)C(=O)N[C@H](C(=O)N[C@@H](N)C(=O)N[C@@H](CCCCNC(=O)OC(C)(C)C)C(=O)O)[C@@H](C)OCC(C)C)cc2)cc1. The molecule has 2 aromatic carbocycles. The second-order valence-electron chi connectivity index (χ2n) is 16.8. The number of aliphatic carboxylic acids is 1. The van der Waals surface area contributed by atoms with Gasteiger partial charge in [-0.2, -0.15) is 0 Å². The fourth-order valence-electron chi connectivity index (χ4n) is 6.13. The van der Waals surface area contributed by atoms with E-state index in [-0.39, 0.29) is 31.9 Å². The van der Waals surface area contributed by atoms with E-state index in [0.29, 0.717) is 32.4 Å². The van der Waals surface area contributed by atoms with Gasteiger partial charge in [-0.1, -0.05) is 75.7 Å². The van der Waals surface area contributed by atoms with Gasteiger partial charge in [0.2, 0.25) is 17.7 Å². The lowest BCUT2D eigenvalue weighted by molar-refractivity contribution is -0.142. The number of carbonyl (C=O) groups excluding carboxylic acids is 5. The highest BCUT2D eigenvalue weighted by molar-refractivity contribution is 5.95. The van der Waals surface area contributed by atoms with Crippen molar-refractivity contribution in [2.75, 3.05) is 19.7 Å². The minimum Gasteiger partial charge on any atom is -0.480 e. The third kappa shape index (κ3) is 21.3. The molecule has 16 heteroatoms. The molecule has 0 spiro atoms. The van der Waals surface area contributed by atoms with Gasteiger partial charge in [-0.25, -0.2) is 9.59 Å². The van der Waals surface area contributed by atoms with Crippen LogP contribution in [-0.2, 0) is 46.4 Å². The first-order chi connectivity index (χ1) is 28.8. The molecule has 2 rings (SSSR count). The molecule has 0 aliphatic heterocycles. The van der Waals surface area contributed by atoms with Gasteiger partial charge >= 0.3 is 12.1 Å². The van der Waals surface area contributed by atoms with E-state index in [1.165, 1.54) is 25.3 Å². The standard InChI is InChI=1S/C45H71N7O9/c1-9-10-14-32-17-21-34(22-18-32)35-23-19-33(20-24-35)27-47-25-13-16-36(49-31(5)53)40(54)51-38(30(4)60-28-29(2)3)41(55)52-39(46)42(56)50-37(43(57)58)15-11-12-26-48-44(59)61-45(6,7)8/h17-24,29-30,36-39,47H,9-16,25-28,46H2,1-8H3,(H,48,59)(H,49,53)(H,50,56)(H,51,54)(H,52,55)(H,57,58)/t30-,36+,37+,38+,39-/m1/s1. The summed E-state index contributed by atoms with van der Waals surface area (Å²) >= 11 is 0. The number of hydrogen-bond acceptors (Lipinski definition) is 10. The number of rotatable bonds is 27. The van der Waals surface area contributed by atoms with Crippen LogP contribution in [0.4, 0.5) is 4.79 Å². The van der Waals surface area contributed by atoms with Gasteiger partial charge < -0.3 is 52.2 Å². The summed E-state index contributed by atoms with van der Waals surface area (Å²) in [6.45, 7) is 15.8. The number of carboxylic acids is 1. The normalized spacial score (nSPS) is 13.9. The van der Waals surface area contributed by atoms with Crippen molar-refractivity contribution in [3.8, 4) is 11.1 Å². The summed E-state index contributed by atoms with van der Waals surface area (Å²) in [6.07, 6.45) is 1.84. The van der Waals surface area contributed by atoms with Gasteiger partial charge in [-0.15, -0.1) is 0 Å². The molecule has 16 nitrogen and oxygen atoms in total. The molecule has 0 aliphatic rings. The highest BCUT2D eigenvalue weighted by atomic mass is 16.6. The molecule has 0 saturated heterocycles. The molecule has 0 saturated carbocycles. The molecule has 9 N–H and O–H groups in total. The van der Waals surface area contributed by atoms with Gasteiger partial charge in [0.15, 0.2) is 6.17 Å². The second-order valence-corrected chi connectivity index (χ2v) is 16.8. The number of carboxylic acid groups (broad SMARTS) is 1. The number of amides is 5.